The molecular formula is C17H21N3O2. The summed E-state index contributed by atoms with van der Waals surface area (Å²) in [5, 5.41) is 3.98. The Morgan fingerprint density at radius 3 is 2.91 bits per heavy atom. The van der Waals surface area contributed by atoms with E-state index < -0.39 is 0 Å². The molecule has 0 aliphatic rings. The summed E-state index contributed by atoms with van der Waals surface area (Å²) in [7, 11) is 1.60. The van der Waals surface area contributed by atoms with Gasteiger partial charge >= 0.3 is 0 Å². The predicted octanol–water partition coefficient (Wildman–Crippen LogP) is 2.77. The number of ether oxygens (including phenoxy) is 1. The molecular weight excluding hydrogens is 278 g/mol. The van der Waals surface area contributed by atoms with Gasteiger partial charge in [0.15, 0.2) is 0 Å². The monoisotopic (exact) mass is 299 g/mol. The van der Waals surface area contributed by atoms with Crippen molar-refractivity contribution in [2.75, 3.05) is 7.11 Å². The van der Waals surface area contributed by atoms with Gasteiger partial charge in [-0.2, -0.15) is 5.10 Å². The Morgan fingerprint density at radius 1 is 1.41 bits per heavy atom. The van der Waals surface area contributed by atoms with Crippen LogP contribution in [0.3, 0.4) is 0 Å². The van der Waals surface area contributed by atoms with Crippen molar-refractivity contribution in [1.29, 1.82) is 0 Å². The molecule has 0 bridgehead atoms. The zero-order valence-electron chi connectivity index (χ0n) is 13.1. The number of nitrogens with one attached hydrogen (secondary N) is 1. The minimum Gasteiger partial charge on any atom is -0.497 e. The van der Waals surface area contributed by atoms with Crippen LogP contribution >= 0.6 is 0 Å². The van der Waals surface area contributed by atoms with Crippen molar-refractivity contribution in [3.8, 4) is 5.75 Å². The minimum absolute atomic E-state index is 0.159. The maximum absolute atomic E-state index is 11.8. The number of benzene rings is 1. The summed E-state index contributed by atoms with van der Waals surface area (Å²) in [6.07, 6.45) is 5.89. The highest BCUT2D eigenvalue weighted by atomic mass is 16.5. The summed E-state index contributed by atoms with van der Waals surface area (Å²) in [5.41, 5.74) is 4.38. The van der Waals surface area contributed by atoms with Crippen molar-refractivity contribution in [3.63, 3.8) is 0 Å². The SMILES string of the molecule is COc1cccc(CC(=O)N/N=C/c2ccn(C(C)C)c2)c1. The van der Waals surface area contributed by atoms with Crippen molar-refractivity contribution >= 4 is 12.1 Å². The molecule has 0 atom stereocenters. The Morgan fingerprint density at radius 2 is 2.23 bits per heavy atom. The topological polar surface area (TPSA) is 55.6 Å². The molecule has 0 spiro atoms. The molecule has 0 saturated carbocycles. The lowest BCUT2D eigenvalue weighted by Crippen LogP contribution is -2.19. The van der Waals surface area contributed by atoms with Crippen LogP contribution < -0.4 is 10.2 Å². The molecule has 5 nitrogen and oxygen atoms in total. The zero-order valence-corrected chi connectivity index (χ0v) is 13.1. The van der Waals surface area contributed by atoms with Crippen LogP contribution in [0, 0.1) is 0 Å². The summed E-state index contributed by atoms with van der Waals surface area (Å²) < 4.78 is 7.22. The molecule has 1 amide bonds. The van der Waals surface area contributed by atoms with Gasteiger partial charge in [-0.25, -0.2) is 5.43 Å². The van der Waals surface area contributed by atoms with Gasteiger partial charge in [0.2, 0.25) is 5.91 Å². The molecule has 1 N–H and O–H groups in total. The van der Waals surface area contributed by atoms with Crippen molar-refractivity contribution in [2.24, 2.45) is 5.10 Å². The lowest BCUT2D eigenvalue weighted by Gasteiger charge is -2.04. The van der Waals surface area contributed by atoms with Gasteiger partial charge in [-0.3, -0.25) is 4.79 Å². The van der Waals surface area contributed by atoms with Gasteiger partial charge in [0.1, 0.15) is 5.75 Å². The van der Waals surface area contributed by atoms with E-state index in [1.54, 1.807) is 13.3 Å². The van der Waals surface area contributed by atoms with E-state index >= 15 is 0 Å². The third-order valence-electron chi connectivity index (χ3n) is 3.24. The normalized spacial score (nSPS) is 11.1. The first-order valence-electron chi connectivity index (χ1n) is 7.21. The van der Waals surface area contributed by atoms with Crippen molar-refractivity contribution in [2.45, 2.75) is 26.3 Å². The smallest absolute Gasteiger partial charge is 0.244 e. The number of nitrogens with zero attached hydrogens (tertiary/aromatic N) is 2. The molecule has 116 valence electrons. The van der Waals surface area contributed by atoms with Gasteiger partial charge in [0, 0.05) is 24.0 Å². The summed E-state index contributed by atoms with van der Waals surface area (Å²) in [6, 6.07) is 9.79. The van der Waals surface area contributed by atoms with Crippen LogP contribution in [0.25, 0.3) is 0 Å². The van der Waals surface area contributed by atoms with E-state index in [1.165, 1.54) is 0 Å². The number of carbonyl (C=O) groups excluding carboxylic acids is 1. The second-order valence-electron chi connectivity index (χ2n) is 5.31. The molecule has 0 saturated heterocycles. The molecule has 5 heteroatoms. The molecule has 2 rings (SSSR count). The van der Waals surface area contributed by atoms with Crippen LogP contribution in [0.15, 0.2) is 47.8 Å². The fourth-order valence-electron chi connectivity index (χ4n) is 2.01. The number of hydrazone groups is 1. The second kappa shape index (κ2) is 7.45. The average Bonchev–Trinajstić information content (AvgIpc) is 2.96. The lowest BCUT2D eigenvalue weighted by atomic mass is 10.1. The molecule has 2 aromatic rings. The van der Waals surface area contributed by atoms with Crippen LogP contribution in [-0.4, -0.2) is 23.8 Å². The molecule has 0 radical (unpaired) electrons. The maximum Gasteiger partial charge on any atom is 0.244 e. The highest BCUT2D eigenvalue weighted by Gasteiger charge is 2.03. The van der Waals surface area contributed by atoms with E-state index in [0.29, 0.717) is 6.04 Å². The first-order valence-corrected chi connectivity index (χ1v) is 7.21. The van der Waals surface area contributed by atoms with E-state index in [0.717, 1.165) is 16.9 Å². The largest absolute Gasteiger partial charge is 0.497 e. The molecule has 1 aromatic carbocycles. The number of methoxy groups -OCH3 is 1. The molecule has 0 fully saturated rings. The first-order chi connectivity index (χ1) is 10.6. The fraction of sp³-hybridized carbons (Fsp3) is 0.294. The summed E-state index contributed by atoms with van der Waals surface area (Å²) in [5.74, 6) is 0.580. The highest BCUT2D eigenvalue weighted by Crippen LogP contribution is 2.12. The standard InChI is InChI=1S/C17H21N3O2/c1-13(2)20-8-7-15(12-20)11-18-19-17(21)10-14-5-4-6-16(9-14)22-3/h4-9,11-13H,10H2,1-3H3,(H,19,21)/b18-11+. The molecule has 1 heterocycles. The van der Waals surface area contributed by atoms with E-state index in [2.05, 4.69) is 28.9 Å². The number of hydrogen-bond donors (Lipinski definition) is 1. The lowest BCUT2D eigenvalue weighted by molar-refractivity contribution is -0.120. The van der Waals surface area contributed by atoms with Crippen molar-refractivity contribution in [1.82, 2.24) is 9.99 Å². The molecule has 1 aromatic heterocycles. The van der Waals surface area contributed by atoms with Crippen LogP contribution in [0.4, 0.5) is 0 Å². The van der Waals surface area contributed by atoms with Gasteiger partial charge in [-0.15, -0.1) is 0 Å². The summed E-state index contributed by atoms with van der Waals surface area (Å²) >= 11 is 0. The summed E-state index contributed by atoms with van der Waals surface area (Å²) in [6.45, 7) is 4.22. The van der Waals surface area contributed by atoms with Crippen molar-refractivity contribution in [3.05, 3.63) is 53.9 Å². The van der Waals surface area contributed by atoms with E-state index in [-0.39, 0.29) is 12.3 Å². The van der Waals surface area contributed by atoms with Gasteiger partial charge in [0.25, 0.3) is 0 Å². The Labute approximate surface area is 130 Å². The summed E-state index contributed by atoms with van der Waals surface area (Å²) in [4.78, 5) is 11.8. The Kier molecular flexibility index (Phi) is 5.36. The Balaban J connectivity index is 1.87. The number of carbonyl (C=O) groups is 1. The van der Waals surface area contributed by atoms with E-state index in [9.17, 15) is 4.79 Å². The molecule has 0 aliphatic heterocycles. The predicted molar refractivity (Wildman–Crippen MR) is 87.3 cm³/mol. The third kappa shape index (κ3) is 4.48. The average molecular weight is 299 g/mol. The highest BCUT2D eigenvalue weighted by molar-refractivity contribution is 5.83. The van der Waals surface area contributed by atoms with Gasteiger partial charge in [-0.1, -0.05) is 12.1 Å². The minimum atomic E-state index is -0.159. The molecule has 22 heavy (non-hydrogen) atoms. The van der Waals surface area contributed by atoms with Gasteiger partial charge in [0.05, 0.1) is 19.7 Å². The third-order valence-corrected chi connectivity index (χ3v) is 3.24. The number of amides is 1. The number of aromatic nitrogens is 1. The van der Waals surface area contributed by atoms with Crippen molar-refractivity contribution < 1.29 is 9.53 Å². The fourth-order valence-corrected chi connectivity index (χ4v) is 2.01. The zero-order chi connectivity index (χ0) is 15.9. The van der Waals surface area contributed by atoms with Crippen LogP contribution in [0.5, 0.6) is 5.75 Å². The van der Waals surface area contributed by atoms with Gasteiger partial charge in [-0.05, 0) is 37.6 Å². The quantitative estimate of drug-likeness (QED) is 0.658. The van der Waals surface area contributed by atoms with Crippen LogP contribution in [-0.2, 0) is 11.2 Å². The van der Waals surface area contributed by atoms with E-state index in [1.807, 2.05) is 42.7 Å². The maximum atomic E-state index is 11.8. The first kappa shape index (κ1) is 15.8. The molecule has 0 unspecified atom stereocenters. The molecule has 0 aliphatic carbocycles. The van der Waals surface area contributed by atoms with E-state index in [4.69, 9.17) is 4.74 Å². The second-order valence-corrected chi connectivity index (χ2v) is 5.31. The van der Waals surface area contributed by atoms with Crippen LogP contribution in [0.1, 0.15) is 31.0 Å². The Hall–Kier alpha value is -2.56. The van der Waals surface area contributed by atoms with Gasteiger partial charge < -0.3 is 9.30 Å². The Bertz CT molecular complexity index is 659. The van der Waals surface area contributed by atoms with Crippen LogP contribution in [0.2, 0.25) is 0 Å². The number of rotatable bonds is 6. The number of hydrogen-bond acceptors (Lipinski definition) is 3.